The number of hydrogen-bond donors (Lipinski definition) is 1. The Morgan fingerprint density at radius 2 is 1.97 bits per heavy atom. The van der Waals surface area contributed by atoms with Crippen molar-refractivity contribution in [2.24, 2.45) is 11.8 Å². The van der Waals surface area contributed by atoms with E-state index in [9.17, 15) is 19.5 Å². The number of hydrogen-bond acceptors (Lipinski definition) is 7. The van der Waals surface area contributed by atoms with Crippen molar-refractivity contribution < 1.29 is 29.0 Å². The quantitative estimate of drug-likeness (QED) is 0.491. The number of carbonyl (C=O) groups is 3. The molecule has 4 aliphatic heterocycles. The Morgan fingerprint density at radius 1 is 1.17 bits per heavy atom. The number of carbonyl (C=O) groups excluding carboxylic acids is 3. The van der Waals surface area contributed by atoms with Crippen LogP contribution < -0.4 is 9.64 Å². The summed E-state index contributed by atoms with van der Waals surface area (Å²) in [7, 11) is 1.59. The molecule has 2 fully saturated rings. The number of rotatable bonds is 5. The second-order valence-electron chi connectivity index (χ2n) is 9.24. The predicted molar refractivity (Wildman–Crippen MR) is 132 cm³/mol. The Hall–Kier alpha value is -2.78. The first-order valence-corrected chi connectivity index (χ1v) is 13.0. The summed E-state index contributed by atoms with van der Waals surface area (Å²) in [4.78, 5) is 44.5. The third-order valence-corrected chi connectivity index (χ3v) is 9.04. The van der Waals surface area contributed by atoms with Crippen LogP contribution in [0.4, 0.5) is 5.69 Å². The number of aliphatic hydroxyl groups excluding tert-OH is 1. The summed E-state index contributed by atoms with van der Waals surface area (Å²) in [6, 6.07) is 6.47. The molecule has 9 heteroatoms. The molecule has 5 rings (SSSR count). The van der Waals surface area contributed by atoms with Gasteiger partial charge in [-0.3, -0.25) is 14.4 Å². The zero-order valence-electron chi connectivity index (χ0n) is 19.7. The van der Waals surface area contributed by atoms with E-state index in [2.05, 4.69) is 6.08 Å². The number of amides is 2. The summed E-state index contributed by atoms with van der Waals surface area (Å²) in [6.07, 6.45) is 9.89. The van der Waals surface area contributed by atoms with E-state index in [1.165, 1.54) is 11.8 Å². The molecule has 2 amide bonds. The smallest absolute Gasteiger partial charge is 0.311 e. The first kappa shape index (κ1) is 23.9. The number of thioether (sulfide) groups is 1. The minimum absolute atomic E-state index is 0.0929. The Balaban J connectivity index is 1.58. The Bertz CT molecular complexity index is 1060. The highest BCUT2D eigenvalue weighted by Crippen LogP contribution is 2.60. The molecule has 4 heterocycles. The van der Waals surface area contributed by atoms with Crippen molar-refractivity contribution in [2.45, 2.75) is 35.3 Å². The number of nitrogens with zero attached hydrogens (tertiary/aromatic N) is 2. The number of aliphatic hydroxyl groups is 1. The van der Waals surface area contributed by atoms with E-state index in [1.807, 2.05) is 30.4 Å². The van der Waals surface area contributed by atoms with Crippen LogP contribution in [-0.2, 0) is 19.1 Å². The highest BCUT2D eigenvalue weighted by atomic mass is 32.2. The van der Waals surface area contributed by atoms with E-state index < -0.39 is 22.6 Å². The maximum absolute atomic E-state index is 14.2. The third-order valence-electron chi connectivity index (χ3n) is 7.29. The molecule has 0 radical (unpaired) electrons. The van der Waals surface area contributed by atoms with Crippen LogP contribution in [-0.4, -0.2) is 77.2 Å². The largest absolute Gasteiger partial charge is 0.497 e. The zero-order valence-corrected chi connectivity index (χ0v) is 20.5. The van der Waals surface area contributed by atoms with Gasteiger partial charge in [-0.25, -0.2) is 0 Å². The Morgan fingerprint density at radius 3 is 2.71 bits per heavy atom. The topological polar surface area (TPSA) is 96.4 Å². The molecule has 0 saturated carbocycles. The summed E-state index contributed by atoms with van der Waals surface area (Å²) >= 11 is 1.53. The predicted octanol–water partition coefficient (Wildman–Crippen LogP) is 2.17. The second kappa shape index (κ2) is 9.70. The highest BCUT2D eigenvalue weighted by Gasteiger charge is 2.70. The van der Waals surface area contributed by atoms with Gasteiger partial charge in [0.05, 0.1) is 30.3 Å². The number of esters is 1. The van der Waals surface area contributed by atoms with Crippen LogP contribution in [0.3, 0.4) is 0 Å². The number of allylic oxidation sites excluding steroid dienone is 1. The van der Waals surface area contributed by atoms with Crippen molar-refractivity contribution in [3.63, 3.8) is 0 Å². The average Bonchev–Trinajstić information content (AvgIpc) is 3.27. The molecule has 1 N–H and O–H groups in total. The average molecular weight is 499 g/mol. The van der Waals surface area contributed by atoms with Crippen LogP contribution in [0.1, 0.15) is 19.3 Å². The monoisotopic (exact) mass is 498 g/mol. The van der Waals surface area contributed by atoms with Crippen molar-refractivity contribution >= 4 is 35.2 Å². The molecule has 1 aromatic rings. The van der Waals surface area contributed by atoms with Crippen molar-refractivity contribution in [2.75, 3.05) is 38.3 Å². The van der Waals surface area contributed by atoms with Crippen molar-refractivity contribution in [1.82, 2.24) is 4.90 Å². The molecule has 5 atom stereocenters. The van der Waals surface area contributed by atoms with Crippen molar-refractivity contribution in [3.8, 4) is 5.75 Å². The lowest BCUT2D eigenvalue weighted by Gasteiger charge is -2.35. The van der Waals surface area contributed by atoms with E-state index >= 15 is 0 Å². The number of anilines is 1. The highest BCUT2D eigenvalue weighted by molar-refractivity contribution is 8.02. The maximum atomic E-state index is 14.2. The van der Waals surface area contributed by atoms with Gasteiger partial charge in [0.1, 0.15) is 11.8 Å². The lowest BCUT2D eigenvalue weighted by atomic mass is 9.78. The Kier molecular flexibility index (Phi) is 6.63. The van der Waals surface area contributed by atoms with Crippen LogP contribution >= 0.6 is 11.8 Å². The van der Waals surface area contributed by atoms with Crippen molar-refractivity contribution in [1.29, 1.82) is 0 Å². The van der Waals surface area contributed by atoms with E-state index in [4.69, 9.17) is 9.47 Å². The molecule has 186 valence electrons. The molecular formula is C26H30N2O6S. The van der Waals surface area contributed by atoms with Gasteiger partial charge in [-0.05, 0) is 43.5 Å². The molecule has 1 unspecified atom stereocenters. The molecule has 4 aliphatic rings. The molecule has 0 bridgehead atoms. The minimum atomic E-state index is -0.886. The first-order chi connectivity index (χ1) is 17.0. The molecule has 1 aromatic carbocycles. The number of fused-ring (bicyclic) bond motifs is 2. The molecule has 0 aliphatic carbocycles. The van der Waals surface area contributed by atoms with E-state index in [1.54, 1.807) is 29.0 Å². The van der Waals surface area contributed by atoms with Gasteiger partial charge in [-0.1, -0.05) is 24.3 Å². The van der Waals surface area contributed by atoms with Crippen LogP contribution in [0.5, 0.6) is 5.75 Å². The molecule has 35 heavy (non-hydrogen) atoms. The standard InChI is InChI=1S/C26H30N2O6S/c1-33-18-10-8-17(9-11-18)27-13-5-12-26-21(23(30)28(14-6-15-29)22(26)24(27)31)20-19(35-26)7-3-2-4-16-34-25(20)32/h3,5,7-12,19-22,29H,2,4,6,13-16H2,1H3/b7-3-/t19-,20+,21+,22?,26+/m1/s1. The summed E-state index contributed by atoms with van der Waals surface area (Å²) in [5, 5.41) is 9.24. The second-order valence-corrected chi connectivity index (χ2v) is 10.7. The zero-order chi connectivity index (χ0) is 24.6. The fraction of sp³-hybridized carbons (Fsp3) is 0.500. The van der Waals surface area contributed by atoms with Gasteiger partial charge >= 0.3 is 5.97 Å². The van der Waals surface area contributed by atoms with Crippen LogP contribution in [0.25, 0.3) is 0 Å². The van der Waals surface area contributed by atoms with E-state index in [0.717, 1.165) is 12.8 Å². The molecule has 8 nitrogen and oxygen atoms in total. The molecule has 2 saturated heterocycles. The minimum Gasteiger partial charge on any atom is -0.497 e. The van der Waals surface area contributed by atoms with E-state index in [0.29, 0.717) is 31.0 Å². The third kappa shape index (κ3) is 3.94. The summed E-state index contributed by atoms with van der Waals surface area (Å²) in [5.41, 5.74) is 0.709. The summed E-state index contributed by atoms with van der Waals surface area (Å²) in [5.74, 6) is -1.45. The number of methoxy groups -OCH3 is 1. The number of ether oxygens (including phenoxy) is 2. The van der Waals surface area contributed by atoms with Gasteiger partial charge in [0.2, 0.25) is 5.91 Å². The molecule has 0 aromatic heterocycles. The first-order valence-electron chi connectivity index (χ1n) is 12.1. The van der Waals surface area contributed by atoms with Gasteiger partial charge in [0.25, 0.3) is 5.91 Å². The van der Waals surface area contributed by atoms with Crippen LogP contribution in [0.15, 0.2) is 48.6 Å². The number of benzene rings is 1. The van der Waals surface area contributed by atoms with Gasteiger partial charge in [0, 0.05) is 30.6 Å². The normalized spacial score (nSPS) is 33.1. The summed E-state index contributed by atoms with van der Waals surface area (Å²) < 4.78 is 9.93. The summed E-state index contributed by atoms with van der Waals surface area (Å²) in [6.45, 7) is 0.832. The van der Waals surface area contributed by atoms with Gasteiger partial charge in [-0.2, -0.15) is 0 Å². The number of cyclic esters (lactones) is 1. The number of likely N-dealkylation sites (tertiary alicyclic amines) is 1. The maximum Gasteiger partial charge on any atom is 0.311 e. The molecular weight excluding hydrogens is 468 g/mol. The van der Waals surface area contributed by atoms with Gasteiger partial charge in [0.15, 0.2) is 0 Å². The fourth-order valence-corrected chi connectivity index (χ4v) is 7.73. The SMILES string of the molecule is COc1ccc(N2CC=C[C@]34S[C@@H]5/C=C\CCCOC(=O)[C@@H]5[C@H]3C(=O)N(CCCO)C4C2=O)cc1. The van der Waals surface area contributed by atoms with Gasteiger partial charge in [-0.15, -0.1) is 11.8 Å². The Labute approximate surface area is 208 Å². The van der Waals surface area contributed by atoms with E-state index in [-0.39, 0.29) is 36.2 Å². The van der Waals surface area contributed by atoms with Crippen LogP contribution in [0.2, 0.25) is 0 Å². The lowest BCUT2D eigenvalue weighted by Crippen LogP contribution is -2.53. The fourth-order valence-electron chi connectivity index (χ4n) is 5.73. The van der Waals surface area contributed by atoms with Crippen LogP contribution in [0, 0.1) is 11.8 Å². The van der Waals surface area contributed by atoms with Crippen molar-refractivity contribution in [3.05, 3.63) is 48.6 Å². The molecule has 1 spiro atoms. The van der Waals surface area contributed by atoms with Gasteiger partial charge < -0.3 is 24.4 Å². The lowest BCUT2D eigenvalue weighted by molar-refractivity contribution is -0.153.